The number of nitrogens with zero attached hydrogens (tertiary/aromatic N) is 2. The highest BCUT2D eigenvalue weighted by Gasteiger charge is 2.17. The molecule has 1 aromatic rings. The van der Waals surface area contributed by atoms with Gasteiger partial charge in [0.15, 0.2) is 6.29 Å². The van der Waals surface area contributed by atoms with Crippen molar-refractivity contribution in [2.75, 3.05) is 37.8 Å². The van der Waals surface area contributed by atoms with Gasteiger partial charge in [0.1, 0.15) is 0 Å². The first-order chi connectivity index (χ1) is 8.72. The predicted octanol–water partition coefficient (Wildman–Crippen LogP) is -0.366. The van der Waals surface area contributed by atoms with Gasteiger partial charge < -0.3 is 19.5 Å². The second-order valence-corrected chi connectivity index (χ2v) is 3.90. The van der Waals surface area contributed by atoms with Gasteiger partial charge in [-0.05, 0) is 6.92 Å². The Bertz CT molecular complexity index is 442. The number of aliphatic hydroxyl groups is 1. The minimum Gasteiger partial charge on any atom is -0.378 e. The van der Waals surface area contributed by atoms with E-state index in [0.717, 1.165) is 0 Å². The van der Waals surface area contributed by atoms with Gasteiger partial charge in [0.05, 0.1) is 18.8 Å². The van der Waals surface area contributed by atoms with Gasteiger partial charge in [0.2, 0.25) is 5.95 Å². The van der Waals surface area contributed by atoms with Crippen molar-refractivity contribution < 1.29 is 14.6 Å². The number of H-pyrrole nitrogens is 1. The number of nitrogens with one attached hydrogen (secondary N) is 1. The van der Waals surface area contributed by atoms with Crippen molar-refractivity contribution in [3.63, 3.8) is 0 Å². The molecule has 100 valence electrons. The zero-order chi connectivity index (χ0) is 13.0. The maximum absolute atomic E-state index is 11.8. The van der Waals surface area contributed by atoms with Crippen LogP contribution in [-0.2, 0) is 9.47 Å². The van der Waals surface area contributed by atoms with E-state index in [2.05, 4.69) is 9.97 Å². The van der Waals surface area contributed by atoms with E-state index in [-0.39, 0.29) is 11.1 Å². The predicted molar refractivity (Wildman–Crippen MR) is 64.5 cm³/mol. The molecule has 1 unspecified atom stereocenters. The van der Waals surface area contributed by atoms with E-state index in [4.69, 9.17) is 9.47 Å². The van der Waals surface area contributed by atoms with Gasteiger partial charge >= 0.3 is 0 Å². The van der Waals surface area contributed by atoms with Crippen LogP contribution in [0.1, 0.15) is 18.8 Å². The highest BCUT2D eigenvalue weighted by Crippen LogP contribution is 2.11. The fourth-order valence-electron chi connectivity index (χ4n) is 1.75. The summed E-state index contributed by atoms with van der Waals surface area (Å²) in [4.78, 5) is 20.5. The summed E-state index contributed by atoms with van der Waals surface area (Å²) in [5.74, 6) is 0.496. The lowest BCUT2D eigenvalue weighted by molar-refractivity contribution is -0.0990. The molecule has 1 saturated heterocycles. The van der Waals surface area contributed by atoms with Crippen LogP contribution >= 0.6 is 0 Å². The first-order valence-electron chi connectivity index (χ1n) is 5.94. The molecule has 0 saturated carbocycles. The lowest BCUT2D eigenvalue weighted by atomic mass is 10.3. The molecule has 0 radical (unpaired) electrons. The maximum atomic E-state index is 11.8. The lowest BCUT2D eigenvalue weighted by Crippen LogP contribution is -2.38. The van der Waals surface area contributed by atoms with Crippen LogP contribution in [0.5, 0.6) is 0 Å². The van der Waals surface area contributed by atoms with Crippen LogP contribution in [0.25, 0.3) is 0 Å². The molecule has 0 aliphatic carbocycles. The van der Waals surface area contributed by atoms with E-state index in [1.54, 1.807) is 6.92 Å². The normalized spacial score (nSPS) is 17.8. The van der Waals surface area contributed by atoms with E-state index in [0.29, 0.717) is 38.9 Å². The molecule has 0 aromatic carbocycles. The first-order valence-corrected chi connectivity index (χ1v) is 5.94. The van der Waals surface area contributed by atoms with Crippen molar-refractivity contribution in [1.29, 1.82) is 0 Å². The number of morpholine rings is 1. The average Bonchev–Trinajstić information content (AvgIpc) is 2.40. The Labute approximate surface area is 104 Å². The number of rotatable bonds is 4. The minimum absolute atomic E-state index is 0.119. The third-order valence-corrected chi connectivity index (χ3v) is 2.71. The zero-order valence-electron chi connectivity index (χ0n) is 10.3. The van der Waals surface area contributed by atoms with Crippen molar-refractivity contribution >= 4 is 5.95 Å². The van der Waals surface area contributed by atoms with Crippen molar-refractivity contribution in [2.24, 2.45) is 0 Å². The molecule has 2 rings (SSSR count). The largest absolute Gasteiger partial charge is 0.378 e. The van der Waals surface area contributed by atoms with Gasteiger partial charge in [0, 0.05) is 25.9 Å². The molecule has 1 aromatic heterocycles. The maximum Gasteiger partial charge on any atom is 0.260 e. The molecule has 0 bridgehead atoms. The quantitative estimate of drug-likeness (QED) is 0.714. The van der Waals surface area contributed by atoms with Gasteiger partial charge in [-0.3, -0.25) is 9.78 Å². The Morgan fingerprint density at radius 1 is 1.61 bits per heavy atom. The van der Waals surface area contributed by atoms with Gasteiger partial charge in [0.25, 0.3) is 5.56 Å². The third kappa shape index (κ3) is 2.87. The molecule has 1 aliphatic heterocycles. The van der Waals surface area contributed by atoms with E-state index in [9.17, 15) is 9.90 Å². The summed E-state index contributed by atoms with van der Waals surface area (Å²) >= 11 is 0. The van der Waals surface area contributed by atoms with Crippen LogP contribution < -0.4 is 10.5 Å². The molecule has 1 aliphatic rings. The Morgan fingerprint density at radius 3 is 2.94 bits per heavy atom. The van der Waals surface area contributed by atoms with Crippen LogP contribution in [0.15, 0.2) is 11.0 Å². The van der Waals surface area contributed by atoms with Crippen LogP contribution in [0.4, 0.5) is 5.95 Å². The monoisotopic (exact) mass is 255 g/mol. The fraction of sp³-hybridized carbons (Fsp3) is 0.636. The Morgan fingerprint density at radius 2 is 2.33 bits per heavy atom. The number of hydrogen-bond acceptors (Lipinski definition) is 6. The standard InChI is InChI=1S/C11H17N3O4/c1-2-18-10(16)8-7-12-11(13-9(8)15)14-3-5-17-6-4-14/h7,10,16H,2-6H2,1H3,(H,12,13,15). The Kier molecular flexibility index (Phi) is 4.29. The van der Waals surface area contributed by atoms with Gasteiger partial charge in [-0.1, -0.05) is 0 Å². The molecule has 1 atom stereocenters. The average molecular weight is 255 g/mol. The molecule has 2 heterocycles. The number of ether oxygens (including phenoxy) is 2. The van der Waals surface area contributed by atoms with Crippen molar-refractivity contribution in [2.45, 2.75) is 13.2 Å². The SMILES string of the molecule is CCOC(O)c1cnc(N2CCOCC2)[nH]c1=O. The van der Waals surface area contributed by atoms with Crippen LogP contribution in [0.3, 0.4) is 0 Å². The van der Waals surface area contributed by atoms with E-state index in [1.165, 1.54) is 6.20 Å². The van der Waals surface area contributed by atoms with Crippen LogP contribution in [0.2, 0.25) is 0 Å². The first kappa shape index (κ1) is 13.0. The highest BCUT2D eigenvalue weighted by atomic mass is 16.6. The molecule has 0 amide bonds. The molecule has 18 heavy (non-hydrogen) atoms. The molecule has 7 heteroatoms. The highest BCUT2D eigenvalue weighted by molar-refractivity contribution is 5.30. The molecule has 2 N–H and O–H groups in total. The molecule has 7 nitrogen and oxygen atoms in total. The molecule has 0 spiro atoms. The van der Waals surface area contributed by atoms with Crippen LogP contribution in [-0.4, -0.2) is 48.0 Å². The summed E-state index contributed by atoms with van der Waals surface area (Å²) in [6, 6.07) is 0. The van der Waals surface area contributed by atoms with Crippen molar-refractivity contribution in [1.82, 2.24) is 9.97 Å². The Balaban J connectivity index is 2.16. The Hall–Kier alpha value is -1.44. The number of aliphatic hydroxyl groups excluding tert-OH is 1. The van der Waals surface area contributed by atoms with E-state index >= 15 is 0 Å². The van der Waals surface area contributed by atoms with Gasteiger partial charge in [-0.25, -0.2) is 4.98 Å². The van der Waals surface area contributed by atoms with E-state index < -0.39 is 6.29 Å². The topological polar surface area (TPSA) is 87.7 Å². The molecular formula is C11H17N3O4. The summed E-state index contributed by atoms with van der Waals surface area (Å²) in [7, 11) is 0. The molecule has 1 fully saturated rings. The number of hydrogen-bond donors (Lipinski definition) is 2. The minimum atomic E-state index is -1.23. The summed E-state index contributed by atoms with van der Waals surface area (Å²) in [5.41, 5.74) is -0.263. The number of anilines is 1. The molecular weight excluding hydrogens is 238 g/mol. The second-order valence-electron chi connectivity index (χ2n) is 3.90. The fourth-order valence-corrected chi connectivity index (χ4v) is 1.75. The number of aromatic nitrogens is 2. The van der Waals surface area contributed by atoms with Crippen LogP contribution in [0, 0.1) is 0 Å². The zero-order valence-corrected chi connectivity index (χ0v) is 10.3. The van der Waals surface area contributed by atoms with Crippen molar-refractivity contribution in [3.05, 3.63) is 22.1 Å². The summed E-state index contributed by atoms with van der Waals surface area (Å²) in [6.45, 7) is 4.69. The van der Waals surface area contributed by atoms with Crippen molar-refractivity contribution in [3.8, 4) is 0 Å². The summed E-state index contributed by atoms with van der Waals surface area (Å²) in [6.07, 6.45) is 0.120. The van der Waals surface area contributed by atoms with Gasteiger partial charge in [-0.2, -0.15) is 0 Å². The van der Waals surface area contributed by atoms with E-state index in [1.807, 2.05) is 4.90 Å². The lowest BCUT2D eigenvalue weighted by Gasteiger charge is -2.27. The summed E-state index contributed by atoms with van der Waals surface area (Å²) < 4.78 is 10.2. The smallest absolute Gasteiger partial charge is 0.260 e. The third-order valence-electron chi connectivity index (χ3n) is 2.71. The second kappa shape index (κ2) is 5.94. The summed E-state index contributed by atoms with van der Waals surface area (Å²) in [5, 5.41) is 9.59. The number of aromatic amines is 1. The van der Waals surface area contributed by atoms with Gasteiger partial charge in [-0.15, -0.1) is 0 Å².